The molecule has 0 saturated carbocycles. The van der Waals surface area contributed by atoms with E-state index in [1.54, 1.807) is 24.3 Å². The minimum atomic E-state index is -0.313. The van der Waals surface area contributed by atoms with Crippen LogP contribution in [-0.2, 0) is 0 Å². The summed E-state index contributed by atoms with van der Waals surface area (Å²) in [5.74, 6) is 0.137. The van der Waals surface area contributed by atoms with Crippen LogP contribution in [0.15, 0.2) is 54.9 Å². The van der Waals surface area contributed by atoms with Crippen molar-refractivity contribution in [1.29, 1.82) is 0 Å². The van der Waals surface area contributed by atoms with Gasteiger partial charge in [0.25, 0.3) is 5.91 Å². The average Bonchev–Trinajstić information content (AvgIpc) is 2.66. The highest BCUT2D eigenvalue weighted by Crippen LogP contribution is 2.20. The molecule has 6 nitrogen and oxygen atoms in total. The molecule has 0 atom stereocenters. The zero-order chi connectivity index (χ0) is 19.4. The van der Waals surface area contributed by atoms with Crippen molar-refractivity contribution in [3.05, 3.63) is 77.2 Å². The van der Waals surface area contributed by atoms with Gasteiger partial charge in [-0.05, 0) is 50.1 Å². The molecule has 3 rings (SSSR count). The van der Waals surface area contributed by atoms with Gasteiger partial charge in [-0.3, -0.25) is 9.59 Å². The normalized spacial score (nSPS) is 10.3. The maximum absolute atomic E-state index is 12.6. The summed E-state index contributed by atoms with van der Waals surface area (Å²) < 4.78 is 0. The summed E-state index contributed by atoms with van der Waals surface area (Å²) in [5, 5.41) is 5.98. The first-order valence-corrected chi connectivity index (χ1v) is 8.51. The van der Waals surface area contributed by atoms with Crippen molar-refractivity contribution in [1.82, 2.24) is 9.97 Å². The van der Waals surface area contributed by atoms with Gasteiger partial charge in [0.15, 0.2) is 5.78 Å². The molecule has 1 aromatic heterocycles. The van der Waals surface area contributed by atoms with Crippen LogP contribution in [0.25, 0.3) is 0 Å². The van der Waals surface area contributed by atoms with E-state index in [0.717, 1.165) is 16.8 Å². The van der Waals surface area contributed by atoms with Gasteiger partial charge in [-0.1, -0.05) is 24.3 Å². The summed E-state index contributed by atoms with van der Waals surface area (Å²) in [4.78, 5) is 32.3. The molecule has 0 unspecified atom stereocenters. The van der Waals surface area contributed by atoms with Gasteiger partial charge in [-0.2, -0.15) is 0 Å². The zero-order valence-corrected chi connectivity index (χ0v) is 15.4. The molecule has 0 bridgehead atoms. The summed E-state index contributed by atoms with van der Waals surface area (Å²) in [6.07, 6.45) is 1.33. The second kappa shape index (κ2) is 7.78. The van der Waals surface area contributed by atoms with Gasteiger partial charge in [-0.15, -0.1) is 0 Å². The first kappa shape index (κ1) is 18.3. The van der Waals surface area contributed by atoms with E-state index in [9.17, 15) is 9.59 Å². The van der Waals surface area contributed by atoms with Crippen LogP contribution in [0.2, 0.25) is 0 Å². The fraction of sp³-hybridized carbons (Fsp3) is 0.143. The number of hydrogen-bond donors (Lipinski definition) is 2. The fourth-order valence-electron chi connectivity index (χ4n) is 2.59. The third-order valence-electron chi connectivity index (χ3n) is 4.29. The highest BCUT2D eigenvalue weighted by atomic mass is 16.2. The second-order valence-electron chi connectivity index (χ2n) is 6.25. The van der Waals surface area contributed by atoms with Crippen molar-refractivity contribution in [2.75, 3.05) is 10.6 Å². The molecule has 1 amide bonds. The van der Waals surface area contributed by atoms with Crippen LogP contribution in [0.4, 0.5) is 17.2 Å². The van der Waals surface area contributed by atoms with Crippen LogP contribution in [-0.4, -0.2) is 21.7 Å². The van der Waals surface area contributed by atoms with E-state index in [0.29, 0.717) is 17.1 Å². The Labute approximate surface area is 157 Å². The number of aryl methyl sites for hydroxylation is 1. The Morgan fingerprint density at radius 2 is 1.74 bits per heavy atom. The number of carbonyl (C=O) groups excluding carboxylic acids is 2. The third-order valence-corrected chi connectivity index (χ3v) is 4.29. The van der Waals surface area contributed by atoms with Gasteiger partial charge in [0.1, 0.15) is 17.8 Å². The Hall–Kier alpha value is -3.54. The molecule has 0 fully saturated rings. The van der Waals surface area contributed by atoms with E-state index in [1.165, 1.54) is 13.3 Å². The molecule has 6 heteroatoms. The van der Waals surface area contributed by atoms with Crippen LogP contribution in [0.5, 0.6) is 0 Å². The Morgan fingerprint density at radius 3 is 2.52 bits per heavy atom. The smallest absolute Gasteiger partial charge is 0.274 e. The number of rotatable bonds is 5. The predicted molar refractivity (Wildman–Crippen MR) is 106 cm³/mol. The molecule has 0 aliphatic carbocycles. The molecule has 0 radical (unpaired) electrons. The van der Waals surface area contributed by atoms with Crippen molar-refractivity contribution < 1.29 is 9.59 Å². The standard InChI is InChI=1S/C21H20N4O2/c1-13-6-4-9-18(14(13)2)25-21(27)19-11-20(23-12-22-19)24-17-8-5-7-16(10-17)15(3)26/h4-12H,1-3H3,(H,25,27)(H,22,23,24). The number of Topliss-reactive ketones (excluding diaryl/α,β-unsaturated/α-hetero) is 1. The highest BCUT2D eigenvalue weighted by Gasteiger charge is 2.11. The lowest BCUT2D eigenvalue weighted by Crippen LogP contribution is -2.15. The maximum Gasteiger partial charge on any atom is 0.274 e. The molecule has 3 aromatic rings. The highest BCUT2D eigenvalue weighted by molar-refractivity contribution is 6.03. The lowest BCUT2D eigenvalue weighted by atomic mass is 10.1. The molecule has 0 saturated heterocycles. The van der Waals surface area contributed by atoms with Crippen LogP contribution in [0.1, 0.15) is 38.9 Å². The van der Waals surface area contributed by atoms with Crippen LogP contribution < -0.4 is 10.6 Å². The Kier molecular flexibility index (Phi) is 5.26. The zero-order valence-electron chi connectivity index (χ0n) is 15.4. The van der Waals surface area contributed by atoms with E-state index in [4.69, 9.17) is 0 Å². The molecule has 27 heavy (non-hydrogen) atoms. The van der Waals surface area contributed by atoms with E-state index in [2.05, 4.69) is 20.6 Å². The largest absolute Gasteiger partial charge is 0.340 e. The minimum absolute atomic E-state index is 0.0186. The number of nitrogens with zero attached hydrogens (tertiary/aromatic N) is 2. The van der Waals surface area contributed by atoms with Gasteiger partial charge in [0.2, 0.25) is 0 Å². The Morgan fingerprint density at radius 1 is 0.963 bits per heavy atom. The SMILES string of the molecule is CC(=O)c1cccc(Nc2cc(C(=O)Nc3cccc(C)c3C)ncn2)c1. The molecule has 0 spiro atoms. The molecular formula is C21H20N4O2. The minimum Gasteiger partial charge on any atom is -0.340 e. The molecular weight excluding hydrogens is 340 g/mol. The Balaban J connectivity index is 1.79. The number of hydrogen-bond acceptors (Lipinski definition) is 5. The number of ketones is 1. The number of nitrogens with one attached hydrogen (secondary N) is 2. The summed E-state index contributed by atoms with van der Waals surface area (Å²) in [6.45, 7) is 5.46. The van der Waals surface area contributed by atoms with Crippen molar-refractivity contribution >= 4 is 28.9 Å². The van der Waals surface area contributed by atoms with E-state index in [1.807, 2.05) is 38.1 Å². The number of amides is 1. The summed E-state index contributed by atoms with van der Waals surface area (Å²) in [7, 11) is 0. The molecule has 0 aliphatic rings. The third kappa shape index (κ3) is 4.36. The predicted octanol–water partition coefficient (Wildman–Crippen LogP) is 4.29. The first-order valence-electron chi connectivity index (χ1n) is 8.51. The molecule has 136 valence electrons. The van der Waals surface area contributed by atoms with Gasteiger partial charge < -0.3 is 10.6 Å². The second-order valence-corrected chi connectivity index (χ2v) is 6.25. The Bertz CT molecular complexity index is 1010. The van der Waals surface area contributed by atoms with Gasteiger partial charge >= 0.3 is 0 Å². The van der Waals surface area contributed by atoms with E-state index in [-0.39, 0.29) is 17.4 Å². The van der Waals surface area contributed by atoms with Crippen LogP contribution >= 0.6 is 0 Å². The van der Waals surface area contributed by atoms with Crippen LogP contribution in [0.3, 0.4) is 0 Å². The van der Waals surface area contributed by atoms with Gasteiger partial charge in [-0.25, -0.2) is 9.97 Å². The van der Waals surface area contributed by atoms with E-state index < -0.39 is 0 Å². The van der Waals surface area contributed by atoms with Gasteiger partial charge in [0, 0.05) is 23.0 Å². The maximum atomic E-state index is 12.6. The van der Waals surface area contributed by atoms with E-state index >= 15 is 0 Å². The number of benzene rings is 2. The molecule has 2 N–H and O–H groups in total. The molecule has 2 aromatic carbocycles. The average molecular weight is 360 g/mol. The fourth-order valence-corrected chi connectivity index (χ4v) is 2.59. The number of anilines is 3. The summed E-state index contributed by atoms with van der Waals surface area (Å²) >= 11 is 0. The van der Waals surface area contributed by atoms with Gasteiger partial charge in [0.05, 0.1) is 0 Å². The quantitative estimate of drug-likeness (QED) is 0.663. The van der Waals surface area contributed by atoms with Crippen molar-refractivity contribution in [3.8, 4) is 0 Å². The topological polar surface area (TPSA) is 84.0 Å². The van der Waals surface area contributed by atoms with Crippen molar-refractivity contribution in [2.24, 2.45) is 0 Å². The number of aromatic nitrogens is 2. The number of carbonyl (C=O) groups is 2. The molecule has 0 aliphatic heterocycles. The summed E-state index contributed by atoms with van der Waals surface area (Å²) in [6, 6.07) is 14.4. The monoisotopic (exact) mass is 360 g/mol. The van der Waals surface area contributed by atoms with Crippen molar-refractivity contribution in [2.45, 2.75) is 20.8 Å². The summed E-state index contributed by atoms with van der Waals surface area (Å²) in [5.41, 5.74) is 4.42. The lowest BCUT2D eigenvalue weighted by Gasteiger charge is -2.11. The molecule has 1 heterocycles. The first-order chi connectivity index (χ1) is 12.9. The van der Waals surface area contributed by atoms with Crippen LogP contribution in [0, 0.1) is 13.8 Å². The van der Waals surface area contributed by atoms with Crippen molar-refractivity contribution in [3.63, 3.8) is 0 Å². The lowest BCUT2D eigenvalue weighted by molar-refractivity contribution is 0.101.